The molecule has 4 nitrogen and oxygen atoms in total. The van der Waals surface area contributed by atoms with Gasteiger partial charge in [0.1, 0.15) is 6.04 Å². The van der Waals surface area contributed by atoms with Gasteiger partial charge in [0.15, 0.2) is 0 Å². The molecular formula is C25H34N2O2. The zero-order valence-electron chi connectivity index (χ0n) is 18.4. The van der Waals surface area contributed by atoms with Gasteiger partial charge in [0.05, 0.1) is 0 Å². The number of hydrogen-bond donors (Lipinski definition) is 1. The van der Waals surface area contributed by atoms with Gasteiger partial charge in [0.25, 0.3) is 0 Å². The van der Waals surface area contributed by atoms with Gasteiger partial charge in [-0.05, 0) is 51.7 Å². The zero-order valence-corrected chi connectivity index (χ0v) is 18.4. The fourth-order valence-corrected chi connectivity index (χ4v) is 3.46. The number of amides is 2. The minimum Gasteiger partial charge on any atom is -0.352 e. The SMILES string of the molecule is CC[C@H](C(=O)NC(C)C)N(Cc1cccc(C)c1)C(=O)CCc1ccc(C)cc1. The van der Waals surface area contributed by atoms with Crippen LogP contribution in [0.5, 0.6) is 0 Å². The Morgan fingerprint density at radius 3 is 2.24 bits per heavy atom. The van der Waals surface area contributed by atoms with Crippen LogP contribution in [0.4, 0.5) is 0 Å². The molecule has 0 saturated carbocycles. The summed E-state index contributed by atoms with van der Waals surface area (Å²) >= 11 is 0. The second-order valence-corrected chi connectivity index (χ2v) is 8.08. The van der Waals surface area contributed by atoms with Crippen molar-refractivity contribution in [1.82, 2.24) is 10.2 Å². The smallest absolute Gasteiger partial charge is 0.243 e. The van der Waals surface area contributed by atoms with Crippen LogP contribution < -0.4 is 5.32 Å². The lowest BCUT2D eigenvalue weighted by Gasteiger charge is -2.31. The first-order chi connectivity index (χ1) is 13.8. The first-order valence-electron chi connectivity index (χ1n) is 10.5. The van der Waals surface area contributed by atoms with Crippen molar-refractivity contribution in [2.75, 3.05) is 0 Å². The summed E-state index contributed by atoms with van der Waals surface area (Å²) in [5, 5.41) is 2.97. The van der Waals surface area contributed by atoms with E-state index in [1.807, 2.05) is 45.9 Å². The fourth-order valence-electron chi connectivity index (χ4n) is 3.46. The van der Waals surface area contributed by atoms with Crippen LogP contribution in [0.1, 0.15) is 55.9 Å². The zero-order chi connectivity index (χ0) is 21.4. The van der Waals surface area contributed by atoms with Crippen LogP contribution in [-0.2, 0) is 22.6 Å². The summed E-state index contributed by atoms with van der Waals surface area (Å²) in [5.74, 6) is -0.0725. The van der Waals surface area contributed by atoms with Gasteiger partial charge >= 0.3 is 0 Å². The Hall–Kier alpha value is -2.62. The van der Waals surface area contributed by atoms with E-state index in [9.17, 15) is 9.59 Å². The summed E-state index contributed by atoms with van der Waals surface area (Å²) in [6.45, 7) is 10.4. The highest BCUT2D eigenvalue weighted by Gasteiger charge is 2.28. The van der Waals surface area contributed by atoms with Gasteiger partial charge in [0, 0.05) is 19.0 Å². The van der Waals surface area contributed by atoms with Crippen LogP contribution in [0.3, 0.4) is 0 Å². The van der Waals surface area contributed by atoms with Crippen molar-refractivity contribution in [3.05, 3.63) is 70.8 Å². The molecule has 0 aliphatic carbocycles. The molecule has 1 N–H and O–H groups in total. The Morgan fingerprint density at radius 2 is 1.66 bits per heavy atom. The molecule has 0 fully saturated rings. The van der Waals surface area contributed by atoms with E-state index in [0.717, 1.165) is 16.7 Å². The van der Waals surface area contributed by atoms with Crippen molar-refractivity contribution >= 4 is 11.8 Å². The first kappa shape index (κ1) is 22.7. The van der Waals surface area contributed by atoms with E-state index in [1.54, 1.807) is 4.90 Å². The van der Waals surface area contributed by atoms with E-state index < -0.39 is 6.04 Å². The molecule has 0 heterocycles. The number of carbonyl (C=O) groups is 2. The fraction of sp³-hybridized carbons (Fsp3) is 0.440. The van der Waals surface area contributed by atoms with E-state index >= 15 is 0 Å². The van der Waals surface area contributed by atoms with Gasteiger partial charge in [-0.2, -0.15) is 0 Å². The Bertz CT molecular complexity index is 812. The number of hydrogen-bond acceptors (Lipinski definition) is 2. The highest BCUT2D eigenvalue weighted by Crippen LogP contribution is 2.16. The molecule has 29 heavy (non-hydrogen) atoms. The van der Waals surface area contributed by atoms with Gasteiger partial charge in [-0.3, -0.25) is 9.59 Å². The predicted molar refractivity (Wildman–Crippen MR) is 119 cm³/mol. The van der Waals surface area contributed by atoms with Gasteiger partial charge in [-0.1, -0.05) is 66.6 Å². The lowest BCUT2D eigenvalue weighted by molar-refractivity contribution is -0.141. The molecule has 156 valence electrons. The molecule has 2 amide bonds. The molecule has 2 aromatic rings. The lowest BCUT2D eigenvalue weighted by atomic mass is 10.0. The average molecular weight is 395 g/mol. The normalized spacial score (nSPS) is 11.9. The first-order valence-corrected chi connectivity index (χ1v) is 10.5. The summed E-state index contributed by atoms with van der Waals surface area (Å²) in [7, 11) is 0. The van der Waals surface area contributed by atoms with Crippen LogP contribution >= 0.6 is 0 Å². The Balaban J connectivity index is 2.20. The lowest BCUT2D eigenvalue weighted by Crippen LogP contribution is -2.50. The van der Waals surface area contributed by atoms with Crippen molar-refractivity contribution in [2.45, 2.75) is 72.5 Å². The summed E-state index contributed by atoms with van der Waals surface area (Å²) in [4.78, 5) is 27.8. The van der Waals surface area contributed by atoms with E-state index in [1.165, 1.54) is 5.56 Å². The molecule has 0 aliphatic heterocycles. The van der Waals surface area contributed by atoms with Crippen molar-refractivity contribution in [2.24, 2.45) is 0 Å². The largest absolute Gasteiger partial charge is 0.352 e. The second kappa shape index (κ2) is 10.8. The minimum absolute atomic E-state index is 0.0119. The van der Waals surface area contributed by atoms with Crippen LogP contribution in [0.25, 0.3) is 0 Å². The molecule has 0 saturated heterocycles. The predicted octanol–water partition coefficient (Wildman–Crippen LogP) is 4.57. The number of carbonyl (C=O) groups excluding carboxylic acids is 2. The molecule has 0 unspecified atom stereocenters. The highest BCUT2D eigenvalue weighted by molar-refractivity contribution is 5.87. The summed E-state index contributed by atoms with van der Waals surface area (Å²) in [6.07, 6.45) is 1.65. The van der Waals surface area contributed by atoms with Gasteiger partial charge in [0.2, 0.25) is 11.8 Å². The number of benzene rings is 2. The summed E-state index contributed by atoms with van der Waals surface area (Å²) in [5.41, 5.74) is 4.54. The second-order valence-electron chi connectivity index (χ2n) is 8.08. The average Bonchev–Trinajstić information content (AvgIpc) is 2.66. The number of rotatable bonds is 9. The van der Waals surface area contributed by atoms with E-state index in [2.05, 4.69) is 42.6 Å². The topological polar surface area (TPSA) is 49.4 Å². The number of nitrogens with zero attached hydrogens (tertiary/aromatic N) is 1. The van der Waals surface area contributed by atoms with Crippen LogP contribution in [0.2, 0.25) is 0 Å². The molecule has 0 aliphatic rings. The standard InChI is InChI=1S/C25H34N2O2/c1-6-23(25(29)26-18(2)3)27(17-22-9-7-8-20(5)16-22)24(28)15-14-21-12-10-19(4)11-13-21/h7-13,16,18,23H,6,14-15,17H2,1-5H3,(H,26,29)/t23-/m1/s1. The quantitative estimate of drug-likeness (QED) is 0.677. The maximum atomic E-state index is 13.2. The molecule has 0 aromatic heterocycles. The molecule has 0 bridgehead atoms. The van der Waals surface area contributed by atoms with E-state index in [4.69, 9.17) is 0 Å². The third-order valence-corrected chi connectivity index (χ3v) is 5.00. The molecular weight excluding hydrogens is 360 g/mol. The molecule has 0 radical (unpaired) electrons. The molecule has 1 atom stereocenters. The van der Waals surface area contributed by atoms with Crippen molar-refractivity contribution in [1.29, 1.82) is 0 Å². The third-order valence-electron chi connectivity index (χ3n) is 5.00. The number of nitrogens with one attached hydrogen (secondary N) is 1. The maximum Gasteiger partial charge on any atom is 0.243 e. The van der Waals surface area contributed by atoms with Crippen LogP contribution in [0, 0.1) is 13.8 Å². The highest BCUT2D eigenvalue weighted by atomic mass is 16.2. The minimum atomic E-state index is -0.469. The molecule has 2 rings (SSSR count). The molecule has 0 spiro atoms. The van der Waals surface area contributed by atoms with Crippen molar-refractivity contribution < 1.29 is 9.59 Å². The van der Waals surface area contributed by atoms with E-state index in [-0.39, 0.29) is 17.9 Å². The van der Waals surface area contributed by atoms with Crippen molar-refractivity contribution in [3.63, 3.8) is 0 Å². The van der Waals surface area contributed by atoms with E-state index in [0.29, 0.717) is 25.8 Å². The number of aryl methyl sites for hydroxylation is 3. The molecule has 2 aromatic carbocycles. The molecule has 4 heteroatoms. The Morgan fingerprint density at radius 1 is 0.966 bits per heavy atom. The summed E-state index contributed by atoms with van der Waals surface area (Å²) < 4.78 is 0. The van der Waals surface area contributed by atoms with Gasteiger partial charge in [-0.25, -0.2) is 0 Å². The monoisotopic (exact) mass is 394 g/mol. The van der Waals surface area contributed by atoms with Gasteiger partial charge < -0.3 is 10.2 Å². The third kappa shape index (κ3) is 7.04. The Labute approximate surface area is 175 Å². The van der Waals surface area contributed by atoms with Crippen LogP contribution in [-0.4, -0.2) is 28.8 Å². The Kier molecular flexibility index (Phi) is 8.44. The summed E-state index contributed by atoms with van der Waals surface area (Å²) in [6, 6.07) is 16.0. The van der Waals surface area contributed by atoms with Crippen molar-refractivity contribution in [3.8, 4) is 0 Å². The van der Waals surface area contributed by atoms with Gasteiger partial charge in [-0.15, -0.1) is 0 Å². The van der Waals surface area contributed by atoms with Crippen LogP contribution in [0.15, 0.2) is 48.5 Å². The maximum absolute atomic E-state index is 13.2.